The summed E-state index contributed by atoms with van der Waals surface area (Å²) >= 11 is 0. The third-order valence-corrected chi connectivity index (χ3v) is 6.03. The van der Waals surface area contributed by atoms with Crippen LogP contribution in [0.2, 0.25) is 0 Å². The van der Waals surface area contributed by atoms with E-state index in [1.807, 2.05) is 12.3 Å². The highest BCUT2D eigenvalue weighted by molar-refractivity contribution is 6.09. The molecule has 3 atom stereocenters. The number of aromatic nitrogens is 1. The van der Waals surface area contributed by atoms with E-state index in [2.05, 4.69) is 45.5 Å². The summed E-state index contributed by atoms with van der Waals surface area (Å²) in [6.07, 6.45) is 6.47. The fraction of sp³-hybridized carbons (Fsp3) is 0.455. The summed E-state index contributed by atoms with van der Waals surface area (Å²) in [7, 11) is 0. The first-order valence-electron chi connectivity index (χ1n) is 10.1. The van der Waals surface area contributed by atoms with Gasteiger partial charge in [-0.3, -0.25) is 4.99 Å². The molecule has 1 saturated carbocycles. The standard InChI is InChI=1S/C22H25FN4/c23-16-11-13-27(14-16)22-20(21-25-18-8-4-5-9-19(18)26-21)17(10-12-24-22)15-6-2-1-3-7-15/h1-3,6-7,10,12,16,18-19H,4-5,8-9,11,13-14H2,(H,25,26)/t16?,18-,19-/m1/s1. The highest BCUT2D eigenvalue weighted by atomic mass is 19.1. The zero-order chi connectivity index (χ0) is 18.2. The van der Waals surface area contributed by atoms with Crippen LogP contribution in [0.1, 0.15) is 37.7 Å². The number of benzene rings is 1. The molecule has 1 saturated heterocycles. The van der Waals surface area contributed by atoms with E-state index in [-0.39, 0.29) is 0 Å². The summed E-state index contributed by atoms with van der Waals surface area (Å²) in [6, 6.07) is 13.2. The maximum atomic E-state index is 13.9. The minimum absolute atomic E-state index is 0.359. The van der Waals surface area contributed by atoms with Crippen molar-refractivity contribution in [3.8, 4) is 11.1 Å². The van der Waals surface area contributed by atoms with Gasteiger partial charge in [0.15, 0.2) is 0 Å². The molecule has 5 rings (SSSR count). The number of nitrogens with zero attached hydrogens (tertiary/aromatic N) is 3. The Kier molecular flexibility index (Phi) is 4.30. The van der Waals surface area contributed by atoms with Crippen molar-refractivity contribution < 1.29 is 4.39 Å². The molecule has 0 radical (unpaired) electrons. The van der Waals surface area contributed by atoms with Crippen LogP contribution in [0.3, 0.4) is 0 Å². The predicted molar refractivity (Wildman–Crippen MR) is 107 cm³/mol. The predicted octanol–water partition coefficient (Wildman–Crippen LogP) is 3.96. The normalized spacial score (nSPS) is 27.2. The van der Waals surface area contributed by atoms with Crippen molar-refractivity contribution >= 4 is 11.7 Å². The zero-order valence-corrected chi connectivity index (χ0v) is 15.4. The number of amidine groups is 1. The third kappa shape index (κ3) is 3.09. The van der Waals surface area contributed by atoms with Crippen LogP contribution < -0.4 is 10.2 Å². The Morgan fingerprint density at radius 1 is 1.04 bits per heavy atom. The second kappa shape index (κ2) is 6.95. The molecule has 27 heavy (non-hydrogen) atoms. The van der Waals surface area contributed by atoms with Gasteiger partial charge in [0.25, 0.3) is 0 Å². The van der Waals surface area contributed by atoms with Crippen molar-refractivity contribution in [2.24, 2.45) is 4.99 Å². The van der Waals surface area contributed by atoms with Gasteiger partial charge in [0.2, 0.25) is 0 Å². The molecule has 5 heteroatoms. The van der Waals surface area contributed by atoms with Gasteiger partial charge in [-0.15, -0.1) is 0 Å². The lowest BCUT2D eigenvalue weighted by atomic mass is 9.92. The van der Waals surface area contributed by atoms with Gasteiger partial charge in [-0.05, 0) is 36.5 Å². The maximum absolute atomic E-state index is 13.9. The van der Waals surface area contributed by atoms with Crippen molar-refractivity contribution in [2.75, 3.05) is 18.0 Å². The number of hydrogen-bond acceptors (Lipinski definition) is 4. The first-order chi connectivity index (χ1) is 13.3. The number of hydrogen-bond donors (Lipinski definition) is 1. The Bertz CT molecular complexity index is 851. The summed E-state index contributed by atoms with van der Waals surface area (Å²) < 4.78 is 13.9. The molecule has 1 unspecified atom stereocenters. The number of alkyl halides is 1. The summed E-state index contributed by atoms with van der Waals surface area (Å²) in [5.74, 6) is 1.80. The molecule has 2 aromatic rings. The summed E-state index contributed by atoms with van der Waals surface area (Å²) in [5, 5.41) is 3.68. The summed E-state index contributed by atoms with van der Waals surface area (Å²) in [4.78, 5) is 11.8. The summed E-state index contributed by atoms with van der Waals surface area (Å²) in [5.41, 5.74) is 3.30. The van der Waals surface area contributed by atoms with Gasteiger partial charge in [0.05, 0.1) is 18.2 Å². The van der Waals surface area contributed by atoms with Crippen LogP contribution in [-0.4, -0.2) is 42.2 Å². The average molecular weight is 364 g/mol. The van der Waals surface area contributed by atoms with E-state index < -0.39 is 6.17 Å². The molecule has 1 aliphatic carbocycles. The number of pyridine rings is 1. The molecule has 1 aromatic heterocycles. The SMILES string of the molecule is FC1CCN(c2nccc(-c3ccccc3)c2C2=N[C@@H]3CCCC[C@H]3N2)C1. The van der Waals surface area contributed by atoms with E-state index in [0.717, 1.165) is 34.8 Å². The molecular formula is C22H25FN4. The van der Waals surface area contributed by atoms with E-state index in [1.165, 1.54) is 19.3 Å². The van der Waals surface area contributed by atoms with Crippen LogP contribution >= 0.6 is 0 Å². The fourth-order valence-corrected chi connectivity index (χ4v) is 4.64. The number of anilines is 1. The third-order valence-electron chi connectivity index (χ3n) is 6.03. The maximum Gasteiger partial charge on any atom is 0.140 e. The van der Waals surface area contributed by atoms with Crippen LogP contribution in [0.5, 0.6) is 0 Å². The minimum atomic E-state index is -0.777. The second-order valence-electron chi connectivity index (χ2n) is 7.84. The van der Waals surface area contributed by atoms with E-state index in [0.29, 0.717) is 31.6 Å². The minimum Gasteiger partial charge on any atom is -0.365 e. The van der Waals surface area contributed by atoms with Crippen LogP contribution in [0.25, 0.3) is 11.1 Å². The Hall–Kier alpha value is -2.43. The Morgan fingerprint density at radius 2 is 1.89 bits per heavy atom. The lowest BCUT2D eigenvalue weighted by molar-refractivity contribution is 0.364. The topological polar surface area (TPSA) is 40.5 Å². The molecule has 1 aromatic carbocycles. The zero-order valence-electron chi connectivity index (χ0n) is 15.4. The van der Waals surface area contributed by atoms with E-state index in [4.69, 9.17) is 4.99 Å². The van der Waals surface area contributed by atoms with E-state index in [1.54, 1.807) is 0 Å². The lowest BCUT2D eigenvalue weighted by Gasteiger charge is -2.24. The van der Waals surface area contributed by atoms with Crippen LogP contribution in [-0.2, 0) is 0 Å². The first kappa shape index (κ1) is 16.7. The quantitative estimate of drug-likeness (QED) is 0.896. The summed E-state index contributed by atoms with van der Waals surface area (Å²) in [6.45, 7) is 1.12. The second-order valence-corrected chi connectivity index (χ2v) is 7.84. The van der Waals surface area contributed by atoms with Crippen molar-refractivity contribution in [2.45, 2.75) is 50.4 Å². The number of fused-ring (bicyclic) bond motifs is 1. The monoisotopic (exact) mass is 364 g/mol. The molecule has 2 fully saturated rings. The van der Waals surface area contributed by atoms with Crippen LogP contribution in [0.4, 0.5) is 10.2 Å². The van der Waals surface area contributed by atoms with Crippen molar-refractivity contribution in [1.82, 2.24) is 10.3 Å². The molecule has 3 aliphatic rings. The van der Waals surface area contributed by atoms with Gasteiger partial charge >= 0.3 is 0 Å². The average Bonchev–Trinajstić information content (AvgIpc) is 3.34. The van der Waals surface area contributed by atoms with Gasteiger partial charge in [-0.2, -0.15) is 0 Å². The molecule has 0 bridgehead atoms. The molecule has 0 spiro atoms. The Balaban J connectivity index is 1.62. The molecule has 1 N–H and O–H groups in total. The Morgan fingerprint density at radius 3 is 2.67 bits per heavy atom. The molecule has 2 aliphatic heterocycles. The van der Waals surface area contributed by atoms with E-state index >= 15 is 0 Å². The number of halogens is 1. The van der Waals surface area contributed by atoms with Crippen molar-refractivity contribution in [3.63, 3.8) is 0 Å². The van der Waals surface area contributed by atoms with Gasteiger partial charge in [-0.25, -0.2) is 9.37 Å². The molecule has 0 amide bonds. The highest BCUT2D eigenvalue weighted by Crippen LogP contribution is 2.35. The number of nitrogens with one attached hydrogen (secondary N) is 1. The Labute approximate surface area is 159 Å². The lowest BCUT2D eigenvalue weighted by Crippen LogP contribution is -2.37. The number of rotatable bonds is 3. The number of aliphatic imine (C=N–C) groups is 1. The van der Waals surface area contributed by atoms with Gasteiger partial charge in [0, 0.05) is 18.8 Å². The van der Waals surface area contributed by atoms with Gasteiger partial charge < -0.3 is 10.2 Å². The molecular weight excluding hydrogens is 339 g/mol. The van der Waals surface area contributed by atoms with Crippen LogP contribution in [0.15, 0.2) is 47.6 Å². The smallest absolute Gasteiger partial charge is 0.140 e. The molecule has 4 nitrogen and oxygen atoms in total. The highest BCUT2D eigenvalue weighted by Gasteiger charge is 2.35. The largest absolute Gasteiger partial charge is 0.365 e. The fourth-order valence-electron chi connectivity index (χ4n) is 4.64. The first-order valence-corrected chi connectivity index (χ1v) is 10.1. The van der Waals surface area contributed by atoms with Crippen LogP contribution in [0, 0.1) is 0 Å². The molecule has 140 valence electrons. The molecule has 3 heterocycles. The van der Waals surface area contributed by atoms with Gasteiger partial charge in [-0.1, -0.05) is 43.2 Å². The van der Waals surface area contributed by atoms with E-state index in [9.17, 15) is 4.39 Å². The van der Waals surface area contributed by atoms with Gasteiger partial charge in [0.1, 0.15) is 17.8 Å². The van der Waals surface area contributed by atoms with Crippen molar-refractivity contribution in [1.29, 1.82) is 0 Å². The van der Waals surface area contributed by atoms with Crippen molar-refractivity contribution in [3.05, 3.63) is 48.2 Å².